The Hall–Kier alpha value is -4.78. The molecule has 2 amide bonds. The van der Waals surface area contributed by atoms with E-state index in [0.717, 1.165) is 6.07 Å². The van der Waals surface area contributed by atoms with E-state index in [-0.39, 0.29) is 46.1 Å². The second-order valence-corrected chi connectivity index (χ2v) is 8.92. The average Bonchev–Trinajstić information content (AvgIpc) is 3.38. The van der Waals surface area contributed by atoms with Crippen molar-refractivity contribution in [3.63, 3.8) is 0 Å². The van der Waals surface area contributed by atoms with E-state index >= 15 is 0 Å². The molecule has 0 saturated carbocycles. The van der Waals surface area contributed by atoms with E-state index in [2.05, 4.69) is 20.3 Å². The van der Waals surface area contributed by atoms with Crippen molar-refractivity contribution in [1.82, 2.24) is 25.2 Å². The fraction of sp³-hybridized carbons (Fsp3) is 0.222. The fourth-order valence-corrected chi connectivity index (χ4v) is 4.09. The Morgan fingerprint density at radius 2 is 1.80 bits per heavy atom. The number of ether oxygens (including phenoxy) is 1. The summed E-state index contributed by atoms with van der Waals surface area (Å²) in [5, 5.41) is 2.74. The first-order valence-corrected chi connectivity index (χ1v) is 12.2. The van der Waals surface area contributed by atoms with Crippen LogP contribution in [-0.4, -0.2) is 58.0 Å². The van der Waals surface area contributed by atoms with E-state index in [4.69, 9.17) is 14.9 Å². The quantitative estimate of drug-likeness (QED) is 0.346. The number of benzene rings is 1. The number of amides is 2. The second-order valence-electron chi connectivity index (χ2n) is 8.92. The zero-order chi connectivity index (χ0) is 28.3. The monoisotopic (exact) mass is 552 g/mol. The lowest BCUT2D eigenvalue weighted by Gasteiger charge is -2.26. The van der Waals surface area contributed by atoms with Crippen LogP contribution in [-0.2, 0) is 22.3 Å². The first-order valence-electron chi connectivity index (χ1n) is 12.2. The highest BCUT2D eigenvalue weighted by Gasteiger charge is 2.35. The van der Waals surface area contributed by atoms with Crippen molar-refractivity contribution >= 4 is 34.7 Å². The number of pyridine rings is 1. The van der Waals surface area contributed by atoms with E-state index in [0.29, 0.717) is 37.7 Å². The van der Waals surface area contributed by atoms with Gasteiger partial charge in [-0.25, -0.2) is 15.0 Å². The van der Waals surface area contributed by atoms with E-state index in [9.17, 15) is 22.8 Å². The number of morpholine rings is 1. The molecule has 1 fully saturated rings. The highest BCUT2D eigenvalue weighted by atomic mass is 19.4. The Bertz CT molecular complexity index is 1560. The number of fused-ring (bicyclic) bond motifs is 1. The smallest absolute Gasteiger partial charge is 0.420 e. The Balaban J connectivity index is 1.35. The summed E-state index contributed by atoms with van der Waals surface area (Å²) < 4.78 is 52.6. The molecule has 4 aromatic rings. The number of nitrogens with two attached hydrogens (primary N) is 1. The minimum Gasteiger partial charge on any atom is -0.459 e. The number of hydrogen-bond donors (Lipinski definition) is 2. The molecule has 206 valence electrons. The average molecular weight is 553 g/mol. The van der Waals surface area contributed by atoms with Crippen molar-refractivity contribution < 1.29 is 31.9 Å². The normalized spacial score (nSPS) is 14.1. The molecule has 10 nitrogen and oxygen atoms in total. The number of nitrogen functional groups attached to an aromatic ring is 1. The van der Waals surface area contributed by atoms with Crippen LogP contribution in [0.2, 0.25) is 0 Å². The molecular weight excluding hydrogens is 529 g/mol. The molecule has 4 heterocycles. The number of nitrogens with zero attached hydrogens (tertiary/aromatic N) is 4. The Morgan fingerprint density at radius 1 is 1.05 bits per heavy atom. The molecular formula is C27H23F3N6O4. The van der Waals surface area contributed by atoms with Crippen LogP contribution in [0.1, 0.15) is 27.2 Å². The third-order valence-corrected chi connectivity index (χ3v) is 6.10. The largest absolute Gasteiger partial charge is 0.459 e. The molecule has 1 saturated heterocycles. The third kappa shape index (κ3) is 6.10. The van der Waals surface area contributed by atoms with E-state index in [1.807, 2.05) is 0 Å². The highest BCUT2D eigenvalue weighted by Crippen LogP contribution is 2.38. The van der Waals surface area contributed by atoms with E-state index < -0.39 is 17.6 Å². The molecule has 0 bridgehead atoms. The molecule has 0 radical (unpaired) electrons. The SMILES string of the molecule is Nc1ccc(/C=C/C(=O)NCc2cc3cc(-c4ncc(C(=O)N5CCOCC5)cn4)cc(C(F)(F)F)c3o2)cn1. The Kier molecular flexibility index (Phi) is 7.47. The zero-order valence-electron chi connectivity index (χ0n) is 20.9. The maximum absolute atomic E-state index is 13.9. The Morgan fingerprint density at radius 3 is 2.48 bits per heavy atom. The summed E-state index contributed by atoms with van der Waals surface area (Å²) in [4.78, 5) is 38.7. The van der Waals surface area contributed by atoms with Gasteiger partial charge in [0.05, 0.1) is 30.9 Å². The van der Waals surface area contributed by atoms with Gasteiger partial charge in [0.15, 0.2) is 5.82 Å². The van der Waals surface area contributed by atoms with Crippen LogP contribution in [0.5, 0.6) is 0 Å². The summed E-state index contributed by atoms with van der Waals surface area (Å²) in [5.41, 5.74) is 5.12. The molecule has 3 N–H and O–H groups in total. The van der Waals surface area contributed by atoms with Crippen LogP contribution < -0.4 is 11.1 Å². The summed E-state index contributed by atoms with van der Waals surface area (Å²) >= 11 is 0. The molecule has 1 aromatic carbocycles. The van der Waals surface area contributed by atoms with Crippen molar-refractivity contribution in [2.24, 2.45) is 0 Å². The molecule has 0 unspecified atom stereocenters. The number of nitrogens with one attached hydrogen (secondary N) is 1. The van der Waals surface area contributed by atoms with Gasteiger partial charge in [-0.15, -0.1) is 0 Å². The van der Waals surface area contributed by atoms with Gasteiger partial charge in [0, 0.05) is 48.7 Å². The molecule has 1 aliphatic heterocycles. The summed E-state index contributed by atoms with van der Waals surface area (Å²) in [6.07, 6.45) is 2.14. The van der Waals surface area contributed by atoms with Crippen LogP contribution in [0.15, 0.2) is 59.4 Å². The van der Waals surface area contributed by atoms with Crippen LogP contribution in [0.25, 0.3) is 28.4 Å². The molecule has 0 aliphatic carbocycles. The minimum atomic E-state index is -4.73. The number of furan rings is 1. The lowest BCUT2D eigenvalue weighted by Crippen LogP contribution is -2.40. The first-order chi connectivity index (χ1) is 19.2. The molecule has 3 aromatic heterocycles. The van der Waals surface area contributed by atoms with Crippen molar-refractivity contribution in [1.29, 1.82) is 0 Å². The van der Waals surface area contributed by atoms with Crippen molar-refractivity contribution in [3.05, 3.63) is 77.4 Å². The van der Waals surface area contributed by atoms with Gasteiger partial charge in [0.1, 0.15) is 17.2 Å². The van der Waals surface area contributed by atoms with Crippen LogP contribution in [0.3, 0.4) is 0 Å². The fourth-order valence-electron chi connectivity index (χ4n) is 4.09. The number of hydrogen-bond acceptors (Lipinski definition) is 8. The summed E-state index contributed by atoms with van der Waals surface area (Å²) in [6.45, 7) is 1.59. The summed E-state index contributed by atoms with van der Waals surface area (Å²) in [5.74, 6) is -0.266. The second kappa shape index (κ2) is 11.1. The summed E-state index contributed by atoms with van der Waals surface area (Å²) in [7, 11) is 0. The van der Waals surface area contributed by atoms with Gasteiger partial charge in [-0.05, 0) is 42.0 Å². The standard InChI is InChI=1S/C27H23F3N6O4/c28-27(29,30)21-11-18(25-34-13-19(14-35-25)26(38)36-5-7-39-8-6-36)9-17-10-20(40-24(17)21)15-33-23(37)4-2-16-1-3-22(31)32-12-16/h1-4,9-14H,5-8,15H2,(H2,31,32)(H,33,37)/b4-2+. The third-order valence-electron chi connectivity index (χ3n) is 6.10. The zero-order valence-corrected chi connectivity index (χ0v) is 20.9. The predicted molar refractivity (Wildman–Crippen MR) is 138 cm³/mol. The number of carbonyl (C=O) groups excluding carboxylic acids is 2. The van der Waals surface area contributed by atoms with Crippen LogP contribution in [0, 0.1) is 0 Å². The Labute approximate surface area is 225 Å². The van der Waals surface area contributed by atoms with Gasteiger partial charge in [-0.3, -0.25) is 9.59 Å². The number of halogens is 3. The van der Waals surface area contributed by atoms with Gasteiger partial charge < -0.3 is 25.1 Å². The van der Waals surface area contributed by atoms with E-state index in [1.165, 1.54) is 42.9 Å². The van der Waals surface area contributed by atoms with E-state index in [1.54, 1.807) is 17.0 Å². The topological polar surface area (TPSA) is 136 Å². The minimum absolute atomic E-state index is 0.0178. The molecule has 5 rings (SSSR count). The first kappa shape index (κ1) is 26.8. The molecule has 40 heavy (non-hydrogen) atoms. The van der Waals surface area contributed by atoms with Crippen molar-refractivity contribution in [2.75, 3.05) is 32.0 Å². The van der Waals surface area contributed by atoms with Crippen molar-refractivity contribution in [2.45, 2.75) is 12.7 Å². The van der Waals surface area contributed by atoms with Gasteiger partial charge in [0.2, 0.25) is 5.91 Å². The number of aromatic nitrogens is 3. The van der Waals surface area contributed by atoms with Gasteiger partial charge in [-0.2, -0.15) is 13.2 Å². The van der Waals surface area contributed by atoms with Crippen molar-refractivity contribution in [3.8, 4) is 11.4 Å². The maximum atomic E-state index is 13.9. The summed E-state index contributed by atoms with van der Waals surface area (Å²) in [6, 6.07) is 7.05. The molecule has 0 spiro atoms. The maximum Gasteiger partial charge on any atom is 0.420 e. The lowest BCUT2D eigenvalue weighted by molar-refractivity contribution is -0.136. The number of carbonyl (C=O) groups is 2. The lowest BCUT2D eigenvalue weighted by atomic mass is 10.1. The highest BCUT2D eigenvalue weighted by molar-refractivity contribution is 5.94. The molecule has 13 heteroatoms. The molecule has 0 atom stereocenters. The van der Waals surface area contributed by atoms with Gasteiger partial charge in [0.25, 0.3) is 5.91 Å². The van der Waals surface area contributed by atoms with Gasteiger partial charge in [-0.1, -0.05) is 0 Å². The van der Waals surface area contributed by atoms with Crippen LogP contribution >= 0.6 is 0 Å². The number of rotatable bonds is 6. The van der Waals surface area contributed by atoms with Gasteiger partial charge >= 0.3 is 6.18 Å². The number of anilines is 1. The number of alkyl halides is 3. The van der Waals surface area contributed by atoms with Crippen LogP contribution in [0.4, 0.5) is 19.0 Å². The predicted octanol–water partition coefficient (Wildman–Crippen LogP) is 3.69. The molecule has 1 aliphatic rings.